The molecule has 2 aliphatic rings. The zero-order chi connectivity index (χ0) is 24.2. The van der Waals surface area contributed by atoms with Crippen LogP contribution < -0.4 is 15.0 Å². The van der Waals surface area contributed by atoms with Gasteiger partial charge >= 0.3 is 0 Å². The molecule has 2 saturated heterocycles. The minimum absolute atomic E-state index is 0.0893. The van der Waals surface area contributed by atoms with Gasteiger partial charge in [-0.3, -0.25) is 9.69 Å². The molecule has 2 fully saturated rings. The molecule has 1 N–H and O–H groups in total. The number of hydrogen-bond acceptors (Lipinski definition) is 7. The number of fused-ring (bicyclic) bond motifs is 1. The van der Waals surface area contributed by atoms with Crippen LogP contribution in [0.25, 0.3) is 10.9 Å². The molecule has 2 aliphatic heterocycles. The number of aromatic nitrogens is 2. The third-order valence-corrected chi connectivity index (χ3v) is 6.90. The molecule has 3 heterocycles. The molecule has 0 spiro atoms. The molecule has 184 valence electrons. The smallest absolute Gasteiger partial charge is 0.262 e. The molecule has 5 rings (SSSR count). The molecule has 2 aromatic carbocycles. The van der Waals surface area contributed by atoms with Gasteiger partial charge in [-0.25, -0.2) is 9.97 Å². The van der Waals surface area contributed by atoms with Crippen molar-refractivity contribution in [2.45, 2.75) is 25.8 Å². The highest BCUT2D eigenvalue weighted by Gasteiger charge is 2.26. The first-order chi connectivity index (χ1) is 17.0. The van der Waals surface area contributed by atoms with Crippen LogP contribution in [-0.4, -0.2) is 72.8 Å². The number of ether oxygens (including phenoxy) is 2. The van der Waals surface area contributed by atoms with E-state index in [1.807, 2.05) is 25.1 Å². The van der Waals surface area contributed by atoms with Crippen LogP contribution in [-0.2, 0) is 9.53 Å². The van der Waals surface area contributed by atoms with Crippen LogP contribution in [0.2, 0.25) is 5.02 Å². The maximum atomic E-state index is 12.4. The maximum absolute atomic E-state index is 12.4. The zero-order valence-corrected chi connectivity index (χ0v) is 20.6. The van der Waals surface area contributed by atoms with Crippen molar-refractivity contribution in [2.75, 3.05) is 56.2 Å². The zero-order valence-electron chi connectivity index (χ0n) is 19.9. The van der Waals surface area contributed by atoms with Gasteiger partial charge in [-0.2, -0.15) is 0 Å². The van der Waals surface area contributed by atoms with Crippen LogP contribution in [0.15, 0.2) is 42.5 Å². The Bertz CT molecular complexity index is 1180. The molecule has 0 radical (unpaired) electrons. The van der Waals surface area contributed by atoms with Gasteiger partial charge in [-0.05, 0) is 62.2 Å². The number of anilines is 2. The van der Waals surface area contributed by atoms with E-state index in [-0.39, 0.29) is 12.5 Å². The Labute approximate surface area is 210 Å². The van der Waals surface area contributed by atoms with E-state index in [9.17, 15) is 4.79 Å². The predicted molar refractivity (Wildman–Crippen MR) is 137 cm³/mol. The summed E-state index contributed by atoms with van der Waals surface area (Å²) in [6.07, 6.45) is 2.25. The predicted octanol–water partition coefficient (Wildman–Crippen LogP) is 3.91. The molecule has 0 aliphatic carbocycles. The summed E-state index contributed by atoms with van der Waals surface area (Å²) in [5.74, 6) is 1.13. The van der Waals surface area contributed by atoms with Crippen LogP contribution in [0.5, 0.6) is 5.75 Å². The van der Waals surface area contributed by atoms with Gasteiger partial charge in [0, 0.05) is 61.5 Å². The van der Waals surface area contributed by atoms with Crippen molar-refractivity contribution in [3.05, 3.63) is 53.2 Å². The number of carbonyl (C=O) groups excluding carboxylic acids is 1. The SMILES string of the molecule is Cc1nc(N2CCN(C3CCOCC3)CC2)nc2ccc(NC(=O)COc3ccc(Cl)cc3)cc12. The summed E-state index contributed by atoms with van der Waals surface area (Å²) in [5, 5.41) is 4.43. The van der Waals surface area contributed by atoms with Crippen molar-refractivity contribution in [1.82, 2.24) is 14.9 Å². The summed E-state index contributed by atoms with van der Waals surface area (Å²) < 4.78 is 11.0. The molecule has 3 aromatic rings. The molecule has 0 bridgehead atoms. The number of aryl methyl sites for hydroxylation is 1. The lowest BCUT2D eigenvalue weighted by molar-refractivity contribution is -0.118. The maximum Gasteiger partial charge on any atom is 0.262 e. The Balaban J connectivity index is 1.20. The molecule has 9 heteroatoms. The van der Waals surface area contributed by atoms with Crippen molar-refractivity contribution >= 4 is 40.0 Å². The highest BCUT2D eigenvalue weighted by molar-refractivity contribution is 6.30. The third-order valence-electron chi connectivity index (χ3n) is 6.65. The Morgan fingerprint density at radius 1 is 1.09 bits per heavy atom. The molecule has 1 aromatic heterocycles. The molecule has 0 saturated carbocycles. The van der Waals surface area contributed by atoms with Crippen LogP contribution in [0.1, 0.15) is 18.5 Å². The van der Waals surface area contributed by atoms with Crippen molar-refractivity contribution < 1.29 is 14.3 Å². The highest BCUT2D eigenvalue weighted by Crippen LogP contribution is 2.25. The summed E-state index contributed by atoms with van der Waals surface area (Å²) in [5.41, 5.74) is 2.45. The fourth-order valence-electron chi connectivity index (χ4n) is 4.70. The molecule has 0 atom stereocenters. The number of rotatable bonds is 6. The number of carbonyl (C=O) groups is 1. The van der Waals surface area contributed by atoms with E-state index in [4.69, 9.17) is 31.0 Å². The number of amides is 1. The number of nitrogens with one attached hydrogen (secondary N) is 1. The lowest BCUT2D eigenvalue weighted by Crippen LogP contribution is -2.52. The molecule has 1 amide bonds. The normalized spacial score (nSPS) is 17.5. The largest absolute Gasteiger partial charge is 0.484 e. The summed E-state index contributed by atoms with van der Waals surface area (Å²) in [4.78, 5) is 26.8. The summed E-state index contributed by atoms with van der Waals surface area (Å²) in [6.45, 7) is 7.52. The van der Waals surface area contributed by atoms with E-state index >= 15 is 0 Å². The molecule has 8 nitrogen and oxygen atoms in total. The molecular weight excluding hydrogens is 466 g/mol. The van der Waals surface area contributed by atoms with Crippen LogP contribution in [0, 0.1) is 6.92 Å². The van der Waals surface area contributed by atoms with E-state index in [2.05, 4.69) is 15.1 Å². The summed E-state index contributed by atoms with van der Waals surface area (Å²) in [7, 11) is 0. The second-order valence-corrected chi connectivity index (χ2v) is 9.43. The Morgan fingerprint density at radius 3 is 2.57 bits per heavy atom. The van der Waals surface area contributed by atoms with Crippen molar-refractivity contribution in [3.63, 3.8) is 0 Å². The third kappa shape index (κ3) is 5.83. The average Bonchev–Trinajstić information content (AvgIpc) is 2.89. The Morgan fingerprint density at radius 2 is 1.83 bits per heavy atom. The minimum atomic E-state index is -0.239. The number of hydrogen-bond donors (Lipinski definition) is 1. The monoisotopic (exact) mass is 495 g/mol. The van der Waals surface area contributed by atoms with Crippen molar-refractivity contribution in [1.29, 1.82) is 0 Å². The first kappa shape index (κ1) is 23.8. The number of benzene rings is 2. The molecular formula is C26H30ClN5O3. The average molecular weight is 496 g/mol. The van der Waals surface area contributed by atoms with E-state index < -0.39 is 0 Å². The van der Waals surface area contributed by atoms with Crippen LogP contribution in [0.4, 0.5) is 11.6 Å². The molecule has 35 heavy (non-hydrogen) atoms. The van der Waals surface area contributed by atoms with Gasteiger partial charge in [-0.1, -0.05) is 11.6 Å². The Hall–Kier alpha value is -2.94. The lowest BCUT2D eigenvalue weighted by Gasteiger charge is -2.40. The molecule has 0 unspecified atom stereocenters. The van der Waals surface area contributed by atoms with Crippen LogP contribution in [0.3, 0.4) is 0 Å². The quantitative estimate of drug-likeness (QED) is 0.555. The second-order valence-electron chi connectivity index (χ2n) is 9.00. The van der Waals surface area contributed by atoms with Gasteiger partial charge in [0.05, 0.1) is 11.2 Å². The van der Waals surface area contributed by atoms with Gasteiger partial charge in [0.1, 0.15) is 5.75 Å². The van der Waals surface area contributed by atoms with E-state index in [0.717, 1.165) is 74.8 Å². The minimum Gasteiger partial charge on any atom is -0.484 e. The van der Waals surface area contributed by atoms with Crippen molar-refractivity contribution in [2.24, 2.45) is 0 Å². The van der Waals surface area contributed by atoms with Crippen molar-refractivity contribution in [3.8, 4) is 5.75 Å². The first-order valence-corrected chi connectivity index (χ1v) is 12.5. The number of piperazine rings is 1. The lowest BCUT2D eigenvalue weighted by atomic mass is 10.1. The van der Waals surface area contributed by atoms with Gasteiger partial charge < -0.3 is 19.7 Å². The topological polar surface area (TPSA) is 79.8 Å². The van der Waals surface area contributed by atoms with Gasteiger partial charge in [0.2, 0.25) is 5.95 Å². The summed E-state index contributed by atoms with van der Waals surface area (Å²) >= 11 is 5.88. The fraction of sp³-hybridized carbons (Fsp3) is 0.423. The number of halogens is 1. The van der Waals surface area contributed by atoms with Gasteiger partial charge in [0.25, 0.3) is 5.91 Å². The van der Waals surface area contributed by atoms with E-state index in [0.29, 0.717) is 22.5 Å². The highest BCUT2D eigenvalue weighted by atomic mass is 35.5. The first-order valence-electron chi connectivity index (χ1n) is 12.1. The second kappa shape index (κ2) is 10.8. The van der Waals surface area contributed by atoms with E-state index in [1.165, 1.54) is 0 Å². The Kier molecular flexibility index (Phi) is 7.32. The fourth-order valence-corrected chi connectivity index (χ4v) is 4.83. The van der Waals surface area contributed by atoms with E-state index in [1.54, 1.807) is 24.3 Å². The number of nitrogens with zero attached hydrogens (tertiary/aromatic N) is 4. The van der Waals surface area contributed by atoms with Gasteiger partial charge in [0.15, 0.2) is 6.61 Å². The standard InChI is InChI=1S/C26H30ClN5O3/c1-18-23-16-20(29-25(33)17-35-22-5-2-19(27)3-6-22)4-7-24(23)30-26(28-18)32-12-10-31(11-13-32)21-8-14-34-15-9-21/h2-7,16,21H,8-15,17H2,1H3,(H,29,33). The van der Waals surface area contributed by atoms with Crippen LogP contribution >= 0.6 is 11.6 Å². The summed E-state index contributed by atoms with van der Waals surface area (Å²) in [6, 6.07) is 13.3. The van der Waals surface area contributed by atoms with Gasteiger partial charge in [-0.15, -0.1) is 0 Å².